The minimum absolute atomic E-state index is 0.0121. The molecule has 0 saturated carbocycles. The largest absolute Gasteiger partial charge is 0.508 e. The van der Waals surface area contributed by atoms with Gasteiger partial charge in [0.15, 0.2) is 0 Å². The topological polar surface area (TPSA) is 69.6 Å². The Bertz CT molecular complexity index is 1060. The van der Waals surface area contributed by atoms with E-state index in [1.807, 2.05) is 36.4 Å². The molecule has 1 saturated heterocycles. The number of nitrogens with one attached hydrogen (secondary N) is 1. The van der Waals surface area contributed by atoms with Crippen molar-refractivity contribution in [2.75, 3.05) is 19.6 Å². The molecule has 0 spiro atoms. The number of likely N-dealkylation sites (tertiary alicyclic amines) is 1. The summed E-state index contributed by atoms with van der Waals surface area (Å²) in [6.07, 6.45) is 1.54. The van der Waals surface area contributed by atoms with Crippen LogP contribution in [0.2, 0.25) is 0 Å². The van der Waals surface area contributed by atoms with Gasteiger partial charge in [0.05, 0.1) is 0 Å². The number of hydrogen-bond donors (Lipinski definition) is 2. The van der Waals surface area contributed by atoms with E-state index in [1.165, 1.54) is 5.56 Å². The van der Waals surface area contributed by atoms with Crippen LogP contribution in [0.5, 0.6) is 5.75 Å². The number of piperidine rings is 1. The lowest BCUT2D eigenvalue weighted by Crippen LogP contribution is -2.55. The first-order valence-electron chi connectivity index (χ1n) is 12.4. The Hall–Kier alpha value is -2.18. The number of carbonyl (C=O) groups excluding carboxylic acids is 1. The minimum Gasteiger partial charge on any atom is -0.508 e. The molecule has 2 N–H and O–H groups in total. The van der Waals surface area contributed by atoms with E-state index in [9.17, 15) is 14.1 Å². The predicted octanol–water partition coefficient (Wildman–Crippen LogP) is 4.01. The molecule has 0 bridgehead atoms. The van der Waals surface area contributed by atoms with Crippen molar-refractivity contribution in [2.45, 2.75) is 63.0 Å². The highest BCUT2D eigenvalue weighted by atomic mass is 32.2. The molecule has 4 rings (SSSR count). The van der Waals surface area contributed by atoms with Crippen molar-refractivity contribution >= 4 is 16.7 Å². The molecule has 5 atom stereocenters. The number of phenols is 1. The highest BCUT2D eigenvalue weighted by molar-refractivity contribution is 7.85. The van der Waals surface area contributed by atoms with Crippen LogP contribution in [-0.4, -0.2) is 51.0 Å². The first-order valence-corrected chi connectivity index (χ1v) is 13.8. The number of carbonyl (C=O) groups is 1. The summed E-state index contributed by atoms with van der Waals surface area (Å²) in [4.78, 5) is 15.7. The first kappa shape index (κ1) is 24.9. The van der Waals surface area contributed by atoms with E-state index in [1.54, 1.807) is 6.07 Å². The van der Waals surface area contributed by atoms with Gasteiger partial charge in [-0.15, -0.1) is 0 Å². The molecule has 2 aliphatic heterocycles. The van der Waals surface area contributed by atoms with E-state index in [2.05, 4.69) is 44.0 Å². The molecule has 184 valence electrons. The molecule has 2 aliphatic rings. The number of aromatic hydroxyl groups is 1. The van der Waals surface area contributed by atoms with Crippen LogP contribution in [0.3, 0.4) is 0 Å². The molecular formula is C28H38N2O3S. The number of nitrogens with zero attached hydrogens (tertiary/aromatic N) is 1. The van der Waals surface area contributed by atoms with Crippen molar-refractivity contribution < 1.29 is 14.1 Å². The fraction of sp³-hybridized carbons (Fsp3) is 0.536. The number of rotatable bonds is 6. The highest BCUT2D eigenvalue weighted by Crippen LogP contribution is 2.40. The fourth-order valence-electron chi connectivity index (χ4n) is 5.41. The molecule has 2 heterocycles. The van der Waals surface area contributed by atoms with Gasteiger partial charge >= 0.3 is 0 Å². The average molecular weight is 483 g/mol. The van der Waals surface area contributed by atoms with E-state index in [0.717, 1.165) is 37.2 Å². The zero-order valence-electron chi connectivity index (χ0n) is 20.8. The summed E-state index contributed by atoms with van der Waals surface area (Å²) in [5.74, 6) is 1.38. The minimum atomic E-state index is -1.19. The van der Waals surface area contributed by atoms with Crippen LogP contribution >= 0.6 is 0 Å². The average Bonchev–Trinajstić information content (AvgIpc) is 2.80. The maximum Gasteiger partial charge on any atom is 0.236 e. The Morgan fingerprint density at radius 2 is 1.94 bits per heavy atom. The van der Waals surface area contributed by atoms with Gasteiger partial charge in [0.1, 0.15) is 11.0 Å². The number of hydrogen-bond acceptors (Lipinski definition) is 4. The van der Waals surface area contributed by atoms with Crippen LogP contribution in [0.25, 0.3) is 0 Å². The van der Waals surface area contributed by atoms with Crippen LogP contribution in [-0.2, 0) is 33.2 Å². The van der Waals surface area contributed by atoms with Crippen molar-refractivity contribution in [2.24, 2.45) is 11.8 Å². The normalized spacial score (nSPS) is 28.3. The van der Waals surface area contributed by atoms with Gasteiger partial charge in [-0.3, -0.25) is 9.00 Å². The lowest BCUT2D eigenvalue weighted by atomic mass is 9.68. The number of fused-ring (bicyclic) bond motifs is 1. The van der Waals surface area contributed by atoms with E-state index >= 15 is 0 Å². The quantitative estimate of drug-likeness (QED) is 0.653. The lowest BCUT2D eigenvalue weighted by molar-refractivity contribution is -0.121. The van der Waals surface area contributed by atoms with Crippen molar-refractivity contribution in [3.63, 3.8) is 0 Å². The summed E-state index contributed by atoms with van der Waals surface area (Å²) in [7, 11) is -1.19. The Labute approximate surface area is 206 Å². The fourth-order valence-corrected chi connectivity index (χ4v) is 6.87. The molecule has 1 amide bonds. The van der Waals surface area contributed by atoms with Crippen LogP contribution in [0.4, 0.5) is 0 Å². The summed E-state index contributed by atoms with van der Waals surface area (Å²) in [5, 5.41) is 12.8. The standard InChI is InChI=1S/C28H38N2O3S/c1-19(2)25(29-27(32)26-14-21-8-5-6-9-22(21)18-34(26)33)17-30-13-12-28(4,20(3)16-30)23-10-7-11-24(31)15-23/h5-11,15,19-20,25-26,31H,12-14,16-18H2,1-4H3,(H,29,32)/t20-,25+,26+,28+,34?/m0/s1. The Morgan fingerprint density at radius 3 is 2.62 bits per heavy atom. The van der Waals surface area contributed by atoms with E-state index in [4.69, 9.17) is 0 Å². The van der Waals surface area contributed by atoms with Gasteiger partial charge in [-0.25, -0.2) is 0 Å². The summed E-state index contributed by atoms with van der Waals surface area (Å²) < 4.78 is 12.8. The van der Waals surface area contributed by atoms with Crippen LogP contribution < -0.4 is 5.32 Å². The second-order valence-corrected chi connectivity index (χ2v) is 12.3. The maximum atomic E-state index is 13.2. The van der Waals surface area contributed by atoms with Gasteiger partial charge in [-0.05, 0) is 65.5 Å². The zero-order chi connectivity index (χ0) is 24.5. The van der Waals surface area contributed by atoms with Gasteiger partial charge in [0, 0.05) is 35.7 Å². The molecule has 34 heavy (non-hydrogen) atoms. The van der Waals surface area contributed by atoms with Crippen molar-refractivity contribution in [1.29, 1.82) is 0 Å². The third-order valence-electron chi connectivity index (χ3n) is 8.09. The van der Waals surface area contributed by atoms with E-state index < -0.39 is 16.0 Å². The van der Waals surface area contributed by atoms with Gasteiger partial charge in [-0.2, -0.15) is 0 Å². The zero-order valence-corrected chi connectivity index (χ0v) is 21.6. The third-order valence-corrected chi connectivity index (χ3v) is 9.70. The molecule has 2 aromatic carbocycles. The molecule has 0 aliphatic carbocycles. The third kappa shape index (κ3) is 5.23. The molecular weight excluding hydrogens is 444 g/mol. The van der Waals surface area contributed by atoms with Gasteiger partial charge in [0.25, 0.3) is 0 Å². The van der Waals surface area contributed by atoms with Crippen molar-refractivity contribution in [3.8, 4) is 5.75 Å². The van der Waals surface area contributed by atoms with Crippen LogP contribution in [0.1, 0.15) is 50.8 Å². The second-order valence-electron chi connectivity index (χ2n) is 10.7. The number of amides is 1. The van der Waals surface area contributed by atoms with Crippen molar-refractivity contribution in [1.82, 2.24) is 10.2 Å². The first-order chi connectivity index (χ1) is 16.2. The summed E-state index contributed by atoms with van der Waals surface area (Å²) in [6.45, 7) is 11.5. The van der Waals surface area contributed by atoms with E-state index in [0.29, 0.717) is 23.8 Å². The number of benzene rings is 2. The molecule has 5 nitrogen and oxygen atoms in total. The second kappa shape index (κ2) is 10.2. The summed E-state index contributed by atoms with van der Waals surface area (Å²) in [5.41, 5.74) is 3.44. The van der Waals surface area contributed by atoms with Gasteiger partial charge < -0.3 is 15.3 Å². The molecule has 1 unspecified atom stereocenters. The smallest absolute Gasteiger partial charge is 0.236 e. The Balaban J connectivity index is 1.39. The molecule has 1 fully saturated rings. The summed E-state index contributed by atoms with van der Waals surface area (Å²) >= 11 is 0. The summed E-state index contributed by atoms with van der Waals surface area (Å²) in [6, 6.07) is 15.7. The number of phenolic OH excluding ortho intramolecular Hbond substituents is 1. The van der Waals surface area contributed by atoms with Crippen LogP contribution in [0.15, 0.2) is 48.5 Å². The van der Waals surface area contributed by atoms with E-state index in [-0.39, 0.29) is 23.3 Å². The molecule has 0 aromatic heterocycles. The maximum absolute atomic E-state index is 13.2. The Kier molecular flexibility index (Phi) is 7.48. The van der Waals surface area contributed by atoms with Gasteiger partial charge in [-0.1, -0.05) is 64.1 Å². The predicted molar refractivity (Wildman–Crippen MR) is 138 cm³/mol. The highest BCUT2D eigenvalue weighted by Gasteiger charge is 2.39. The van der Waals surface area contributed by atoms with Crippen LogP contribution in [0, 0.1) is 11.8 Å². The monoisotopic (exact) mass is 482 g/mol. The SMILES string of the molecule is CC(C)[C@@H](CN1CC[C@@](C)(c2cccc(O)c2)[C@@H](C)C1)NC(=O)[C@H]1Cc2ccccc2CS1=O. The van der Waals surface area contributed by atoms with Crippen molar-refractivity contribution in [3.05, 3.63) is 65.2 Å². The Morgan fingerprint density at radius 1 is 1.21 bits per heavy atom. The molecule has 2 aromatic rings. The molecule has 6 heteroatoms. The van der Waals surface area contributed by atoms with Gasteiger partial charge in [0.2, 0.25) is 5.91 Å². The molecule has 0 radical (unpaired) electrons. The lowest BCUT2D eigenvalue weighted by Gasteiger charge is -2.46.